The Morgan fingerprint density at radius 2 is 1.86 bits per heavy atom. The van der Waals surface area contributed by atoms with Crippen LogP contribution in [0.1, 0.15) is 48.5 Å². The number of methoxy groups -OCH3 is 2. The molecular weight excluding hydrogens is 523 g/mol. The van der Waals surface area contributed by atoms with E-state index in [9.17, 15) is 19.4 Å². The molecule has 9 nitrogen and oxygen atoms in total. The number of esters is 1. The van der Waals surface area contributed by atoms with E-state index in [0.29, 0.717) is 42.3 Å². The first-order chi connectivity index (χ1) is 17.1. The van der Waals surface area contributed by atoms with Crippen LogP contribution in [0, 0.1) is 0 Å². The molecule has 1 rings (SSSR count). The summed E-state index contributed by atoms with van der Waals surface area (Å²) >= 11 is 1.59. The van der Waals surface area contributed by atoms with Crippen LogP contribution in [0.3, 0.4) is 0 Å². The minimum Gasteiger partial charge on any atom is -0.494 e. The zero-order valence-corrected chi connectivity index (χ0v) is 24.1. The molecule has 1 aromatic carbocycles. The van der Waals surface area contributed by atoms with Gasteiger partial charge in [-0.1, -0.05) is 30.7 Å². The molecule has 0 saturated heterocycles. The van der Waals surface area contributed by atoms with Gasteiger partial charge in [-0.05, 0) is 55.3 Å². The Morgan fingerprint density at radius 3 is 2.44 bits per heavy atom. The average Bonchev–Trinajstić information content (AvgIpc) is 2.84. The largest absolute Gasteiger partial charge is 0.494 e. The highest BCUT2D eigenvalue weighted by molar-refractivity contribution is 8.82. The molecule has 0 spiro atoms. The third-order valence-corrected chi connectivity index (χ3v) is 7.84. The number of hydrogen-bond acceptors (Lipinski definition) is 11. The van der Waals surface area contributed by atoms with Crippen LogP contribution in [0.25, 0.3) is 0 Å². The highest BCUT2D eigenvalue weighted by atomic mass is 33.1. The molecule has 1 aromatic rings. The van der Waals surface area contributed by atoms with E-state index in [2.05, 4.69) is 15.3 Å². The van der Waals surface area contributed by atoms with Gasteiger partial charge in [0.25, 0.3) is 5.91 Å². The topological polar surface area (TPSA) is 123 Å². The Balaban J connectivity index is 2.90. The molecule has 2 unspecified atom stereocenters. The summed E-state index contributed by atoms with van der Waals surface area (Å²) in [6, 6.07) is 4.52. The molecular formula is C23H37BN2O7S3. The zero-order chi connectivity index (χ0) is 27.1. The van der Waals surface area contributed by atoms with E-state index in [0.717, 1.165) is 16.4 Å². The summed E-state index contributed by atoms with van der Waals surface area (Å²) in [7, 11) is 4.25. The number of benzene rings is 1. The highest BCUT2D eigenvalue weighted by Gasteiger charge is 2.24. The second-order valence-corrected chi connectivity index (χ2v) is 11.5. The number of hydrogen-bond donors (Lipinski definition) is 3. The summed E-state index contributed by atoms with van der Waals surface area (Å²) in [5.41, 5.74) is 1.29. The van der Waals surface area contributed by atoms with Crippen molar-refractivity contribution in [3.8, 4) is 5.75 Å². The Bertz CT molecular complexity index is 846. The summed E-state index contributed by atoms with van der Waals surface area (Å²) in [4.78, 5) is 36.6. The van der Waals surface area contributed by atoms with E-state index >= 15 is 0 Å². The van der Waals surface area contributed by atoms with Crippen molar-refractivity contribution in [3.63, 3.8) is 0 Å². The van der Waals surface area contributed by atoms with Crippen LogP contribution in [0.2, 0.25) is 6.82 Å². The number of thioether (sulfide) groups is 1. The first-order valence-corrected chi connectivity index (χ1v) is 15.3. The number of amides is 1. The van der Waals surface area contributed by atoms with Gasteiger partial charge in [-0.15, -0.1) is 0 Å². The summed E-state index contributed by atoms with van der Waals surface area (Å²) < 4.78 is 15.4. The monoisotopic (exact) mass is 560 g/mol. The van der Waals surface area contributed by atoms with Crippen molar-refractivity contribution in [1.29, 1.82) is 0 Å². The van der Waals surface area contributed by atoms with Crippen LogP contribution >= 0.6 is 33.3 Å². The summed E-state index contributed by atoms with van der Waals surface area (Å²) in [5, 5.41) is 15.2. The molecule has 0 heterocycles. The van der Waals surface area contributed by atoms with E-state index in [1.54, 1.807) is 24.7 Å². The molecule has 1 amide bonds. The van der Waals surface area contributed by atoms with Crippen LogP contribution in [-0.2, 0) is 14.3 Å². The molecule has 0 aliphatic heterocycles. The maximum atomic E-state index is 13.2. The Morgan fingerprint density at radius 1 is 1.14 bits per heavy atom. The zero-order valence-electron chi connectivity index (χ0n) is 21.7. The molecule has 36 heavy (non-hydrogen) atoms. The molecule has 0 fully saturated rings. The molecule has 0 aliphatic carbocycles. The van der Waals surface area contributed by atoms with Crippen molar-refractivity contribution in [2.75, 3.05) is 38.6 Å². The minimum absolute atomic E-state index is 0.0894. The number of carbonyl (C=O) groups is 3. The second-order valence-electron chi connectivity index (χ2n) is 8.23. The maximum Gasteiger partial charge on any atom is 0.377 e. The minimum atomic E-state index is -0.729. The van der Waals surface area contributed by atoms with Gasteiger partial charge in [-0.25, -0.2) is 9.59 Å². The summed E-state index contributed by atoms with van der Waals surface area (Å²) in [6.45, 7) is 5.94. The number of nitrogens with one attached hydrogen (secondary N) is 2. The highest BCUT2D eigenvalue weighted by Crippen LogP contribution is 2.26. The lowest BCUT2D eigenvalue weighted by molar-refractivity contribution is -0.142. The number of ether oxygens (including phenoxy) is 3. The van der Waals surface area contributed by atoms with Crippen LogP contribution < -0.4 is 15.3 Å². The second kappa shape index (κ2) is 17.8. The van der Waals surface area contributed by atoms with Gasteiger partial charge in [0.05, 0.1) is 20.8 Å². The molecule has 13 heteroatoms. The van der Waals surface area contributed by atoms with Crippen molar-refractivity contribution < 1.29 is 33.6 Å². The van der Waals surface area contributed by atoms with Gasteiger partial charge in [0.1, 0.15) is 11.8 Å². The molecule has 2 atom stereocenters. The predicted molar refractivity (Wildman–Crippen MR) is 150 cm³/mol. The fraction of sp³-hybridized carbons (Fsp3) is 0.609. The molecule has 0 aromatic heterocycles. The van der Waals surface area contributed by atoms with Gasteiger partial charge in [-0.3, -0.25) is 4.79 Å². The van der Waals surface area contributed by atoms with Crippen molar-refractivity contribution in [2.24, 2.45) is 0 Å². The van der Waals surface area contributed by atoms with Gasteiger partial charge in [0, 0.05) is 28.2 Å². The molecule has 0 radical (unpaired) electrons. The van der Waals surface area contributed by atoms with Crippen LogP contribution in [0.5, 0.6) is 5.75 Å². The normalized spacial score (nSPS) is 12.6. The van der Waals surface area contributed by atoms with E-state index in [1.165, 1.54) is 25.0 Å². The maximum absolute atomic E-state index is 13.2. The van der Waals surface area contributed by atoms with Gasteiger partial charge in [0.15, 0.2) is 0 Å². The SMILES string of the molecule is COC(=O)SSCC(CCOc1ccc(C(C)C)c(C(=O)NC(CCSC)C(=O)OC)c1)NB(C)O. The van der Waals surface area contributed by atoms with E-state index in [4.69, 9.17) is 9.47 Å². The van der Waals surface area contributed by atoms with Gasteiger partial charge < -0.3 is 29.8 Å². The standard InChI is InChI=1S/C23H37BN2O7S3/c1-15(2)18-8-7-17(13-19(18)21(27)25-20(10-12-34-6)22(28)31-4)33-11-9-16(26-24(3)30)14-35-36-23(29)32-5/h7-8,13,15-16,20,26,30H,9-12,14H2,1-6H3,(H,25,27). The number of rotatable bonds is 16. The third kappa shape index (κ3) is 12.1. The Labute approximate surface area is 226 Å². The molecule has 0 saturated carbocycles. The van der Waals surface area contributed by atoms with E-state index in [1.807, 2.05) is 32.2 Å². The van der Waals surface area contributed by atoms with Crippen LogP contribution in [-0.4, -0.2) is 79.9 Å². The molecule has 0 bridgehead atoms. The first kappa shape index (κ1) is 32.5. The first-order valence-electron chi connectivity index (χ1n) is 11.6. The Kier molecular flexibility index (Phi) is 16.1. The van der Waals surface area contributed by atoms with Crippen molar-refractivity contribution >= 4 is 57.6 Å². The lowest BCUT2D eigenvalue weighted by Gasteiger charge is -2.20. The lowest BCUT2D eigenvalue weighted by atomic mass is 9.87. The van der Waals surface area contributed by atoms with Crippen molar-refractivity contribution in [3.05, 3.63) is 29.3 Å². The van der Waals surface area contributed by atoms with Gasteiger partial charge in [0.2, 0.25) is 0 Å². The lowest BCUT2D eigenvalue weighted by Crippen LogP contribution is -2.42. The van der Waals surface area contributed by atoms with Gasteiger partial charge in [-0.2, -0.15) is 11.8 Å². The predicted octanol–water partition coefficient (Wildman–Crippen LogP) is 3.82. The Hall–Kier alpha value is -1.54. The van der Waals surface area contributed by atoms with Crippen molar-refractivity contribution in [2.45, 2.75) is 51.5 Å². The molecule has 202 valence electrons. The quantitative estimate of drug-likeness (QED) is 0.155. The third-order valence-electron chi connectivity index (χ3n) is 5.07. The summed E-state index contributed by atoms with van der Waals surface area (Å²) in [6.07, 6.45) is 2.97. The fourth-order valence-electron chi connectivity index (χ4n) is 3.26. The molecule has 0 aliphatic rings. The van der Waals surface area contributed by atoms with E-state index < -0.39 is 19.1 Å². The van der Waals surface area contributed by atoms with Gasteiger partial charge >= 0.3 is 18.3 Å². The number of carbonyl (C=O) groups excluding carboxylic acids is 3. The molecule has 3 N–H and O–H groups in total. The van der Waals surface area contributed by atoms with Crippen LogP contribution in [0.15, 0.2) is 18.2 Å². The fourth-order valence-corrected chi connectivity index (χ4v) is 5.58. The van der Waals surface area contributed by atoms with Crippen LogP contribution in [0.4, 0.5) is 4.79 Å². The average molecular weight is 561 g/mol. The summed E-state index contributed by atoms with van der Waals surface area (Å²) in [5.74, 6) is 1.04. The van der Waals surface area contributed by atoms with E-state index in [-0.39, 0.29) is 23.2 Å². The smallest absolute Gasteiger partial charge is 0.377 e. The van der Waals surface area contributed by atoms with Crippen molar-refractivity contribution in [1.82, 2.24) is 10.5 Å².